The molecule has 1 amide bonds. The largest absolute Gasteiger partial charge is 0.409 e. The van der Waals surface area contributed by atoms with Crippen LogP contribution in [0.15, 0.2) is 23.5 Å². The van der Waals surface area contributed by atoms with Crippen molar-refractivity contribution in [3.05, 3.63) is 24.0 Å². The van der Waals surface area contributed by atoms with Crippen LogP contribution in [0.3, 0.4) is 0 Å². The molecule has 19 heavy (non-hydrogen) atoms. The van der Waals surface area contributed by atoms with E-state index in [4.69, 9.17) is 10.9 Å². The van der Waals surface area contributed by atoms with E-state index < -0.39 is 0 Å². The van der Waals surface area contributed by atoms with Gasteiger partial charge in [0.05, 0.1) is 0 Å². The summed E-state index contributed by atoms with van der Waals surface area (Å²) >= 11 is 0. The number of hydrogen-bond acceptors (Lipinski definition) is 5. The Morgan fingerprint density at radius 1 is 1.63 bits per heavy atom. The van der Waals surface area contributed by atoms with Crippen molar-refractivity contribution in [2.45, 2.75) is 13.3 Å². The summed E-state index contributed by atoms with van der Waals surface area (Å²) in [6.45, 7) is 2.99. The quantitative estimate of drug-likeness (QED) is 0.299. The molecule has 0 saturated heterocycles. The second-order valence-corrected chi connectivity index (χ2v) is 4.02. The summed E-state index contributed by atoms with van der Waals surface area (Å²) in [5.74, 6) is -0.0287. The highest BCUT2D eigenvalue weighted by atomic mass is 16.4. The first kappa shape index (κ1) is 14.7. The van der Waals surface area contributed by atoms with Crippen molar-refractivity contribution in [2.24, 2.45) is 10.9 Å². The Bertz CT molecular complexity index is 461. The minimum Gasteiger partial charge on any atom is -0.409 e. The number of nitrogens with zero attached hydrogens (tertiary/aromatic N) is 3. The molecule has 0 unspecified atom stereocenters. The predicted molar refractivity (Wildman–Crippen MR) is 73.5 cm³/mol. The standard InChI is InChI=1S/C12H19N5O2/c1-3-14-12(18)10-8-9(4-6-15-10)17(2)7-5-11(13)16-19/h4,6,8,19H,3,5,7H2,1-2H3,(H2,13,16)(H,14,18). The van der Waals surface area contributed by atoms with E-state index in [-0.39, 0.29) is 11.7 Å². The van der Waals surface area contributed by atoms with E-state index in [1.165, 1.54) is 0 Å². The highest BCUT2D eigenvalue weighted by molar-refractivity contribution is 5.93. The van der Waals surface area contributed by atoms with Gasteiger partial charge < -0.3 is 21.2 Å². The van der Waals surface area contributed by atoms with E-state index in [1.807, 2.05) is 18.9 Å². The smallest absolute Gasteiger partial charge is 0.269 e. The van der Waals surface area contributed by atoms with Gasteiger partial charge in [0.15, 0.2) is 0 Å². The fourth-order valence-electron chi connectivity index (χ4n) is 1.49. The average molecular weight is 265 g/mol. The van der Waals surface area contributed by atoms with Crippen LogP contribution in [-0.4, -0.2) is 42.1 Å². The Labute approximate surface area is 112 Å². The maximum atomic E-state index is 11.7. The summed E-state index contributed by atoms with van der Waals surface area (Å²) in [4.78, 5) is 17.6. The molecular weight excluding hydrogens is 246 g/mol. The number of rotatable bonds is 6. The van der Waals surface area contributed by atoms with Gasteiger partial charge in [0.1, 0.15) is 11.5 Å². The van der Waals surface area contributed by atoms with Crippen molar-refractivity contribution in [1.29, 1.82) is 0 Å². The Morgan fingerprint density at radius 2 is 2.37 bits per heavy atom. The van der Waals surface area contributed by atoms with Crippen LogP contribution in [0.5, 0.6) is 0 Å². The average Bonchev–Trinajstić information content (AvgIpc) is 2.44. The Hall–Kier alpha value is -2.31. The van der Waals surface area contributed by atoms with Crippen molar-refractivity contribution in [2.75, 3.05) is 25.0 Å². The molecule has 7 nitrogen and oxygen atoms in total. The lowest BCUT2D eigenvalue weighted by Gasteiger charge is -2.19. The monoisotopic (exact) mass is 265 g/mol. The third-order valence-electron chi connectivity index (χ3n) is 2.59. The molecule has 0 atom stereocenters. The van der Waals surface area contributed by atoms with Crippen LogP contribution in [0, 0.1) is 0 Å². The Balaban J connectivity index is 2.72. The highest BCUT2D eigenvalue weighted by Crippen LogP contribution is 2.13. The zero-order valence-electron chi connectivity index (χ0n) is 11.1. The van der Waals surface area contributed by atoms with Gasteiger partial charge in [0.25, 0.3) is 5.91 Å². The zero-order valence-corrected chi connectivity index (χ0v) is 11.1. The van der Waals surface area contributed by atoms with Gasteiger partial charge in [-0.25, -0.2) is 0 Å². The van der Waals surface area contributed by atoms with Crippen molar-refractivity contribution < 1.29 is 10.0 Å². The molecule has 7 heteroatoms. The first-order valence-electron chi connectivity index (χ1n) is 6.00. The number of oxime groups is 1. The van der Waals surface area contributed by atoms with Crippen LogP contribution in [0.25, 0.3) is 0 Å². The molecule has 0 aliphatic carbocycles. The van der Waals surface area contributed by atoms with Crippen molar-refractivity contribution >= 4 is 17.4 Å². The van der Waals surface area contributed by atoms with Gasteiger partial charge in [-0.05, 0) is 19.1 Å². The molecule has 1 aromatic rings. The normalized spacial score (nSPS) is 11.2. The van der Waals surface area contributed by atoms with E-state index in [1.54, 1.807) is 18.3 Å². The SMILES string of the molecule is CCNC(=O)c1cc(N(C)CC/C(N)=N/O)ccn1. The molecular formula is C12H19N5O2. The van der Waals surface area contributed by atoms with Gasteiger partial charge in [0, 0.05) is 38.4 Å². The van der Waals surface area contributed by atoms with Gasteiger partial charge >= 0.3 is 0 Å². The molecule has 1 aromatic heterocycles. The number of anilines is 1. The summed E-state index contributed by atoms with van der Waals surface area (Å²) in [5.41, 5.74) is 6.63. The number of amides is 1. The van der Waals surface area contributed by atoms with E-state index >= 15 is 0 Å². The molecule has 0 aliphatic rings. The lowest BCUT2D eigenvalue weighted by Crippen LogP contribution is -2.26. The van der Waals surface area contributed by atoms with Gasteiger partial charge in [-0.3, -0.25) is 9.78 Å². The lowest BCUT2D eigenvalue weighted by atomic mass is 10.2. The molecule has 0 saturated carbocycles. The van der Waals surface area contributed by atoms with Gasteiger partial charge in [-0.2, -0.15) is 0 Å². The summed E-state index contributed by atoms with van der Waals surface area (Å²) in [5, 5.41) is 14.1. The Kier molecular flexibility index (Phi) is 5.59. The summed E-state index contributed by atoms with van der Waals surface area (Å²) in [6.07, 6.45) is 2.02. The maximum Gasteiger partial charge on any atom is 0.269 e. The third kappa shape index (κ3) is 4.46. The van der Waals surface area contributed by atoms with E-state index in [2.05, 4.69) is 15.5 Å². The number of carbonyl (C=O) groups is 1. The van der Waals surface area contributed by atoms with Crippen LogP contribution in [0.1, 0.15) is 23.8 Å². The van der Waals surface area contributed by atoms with E-state index in [0.717, 1.165) is 5.69 Å². The van der Waals surface area contributed by atoms with Crippen molar-refractivity contribution in [3.8, 4) is 0 Å². The number of nitrogens with one attached hydrogen (secondary N) is 1. The molecule has 0 radical (unpaired) electrons. The van der Waals surface area contributed by atoms with Crippen LogP contribution in [-0.2, 0) is 0 Å². The molecule has 104 valence electrons. The van der Waals surface area contributed by atoms with Crippen molar-refractivity contribution in [3.63, 3.8) is 0 Å². The molecule has 1 heterocycles. The van der Waals surface area contributed by atoms with Gasteiger partial charge in [-0.1, -0.05) is 5.16 Å². The summed E-state index contributed by atoms with van der Waals surface area (Å²) in [6, 6.07) is 3.51. The van der Waals surface area contributed by atoms with Crippen LogP contribution in [0.4, 0.5) is 5.69 Å². The van der Waals surface area contributed by atoms with Crippen LogP contribution < -0.4 is 16.0 Å². The minimum atomic E-state index is -0.200. The first-order chi connectivity index (χ1) is 9.08. The molecule has 0 aliphatic heterocycles. The molecule has 1 rings (SSSR count). The predicted octanol–water partition coefficient (Wildman–Crippen LogP) is 0.404. The molecule has 0 bridgehead atoms. The number of nitrogens with two attached hydrogens (primary N) is 1. The van der Waals surface area contributed by atoms with Crippen molar-refractivity contribution in [1.82, 2.24) is 10.3 Å². The fraction of sp³-hybridized carbons (Fsp3) is 0.417. The van der Waals surface area contributed by atoms with E-state index in [0.29, 0.717) is 25.2 Å². The summed E-state index contributed by atoms with van der Waals surface area (Å²) in [7, 11) is 1.86. The molecule has 0 fully saturated rings. The second-order valence-electron chi connectivity index (χ2n) is 4.02. The number of aromatic nitrogens is 1. The topological polar surface area (TPSA) is 104 Å². The van der Waals surface area contributed by atoms with E-state index in [9.17, 15) is 4.79 Å². The Morgan fingerprint density at radius 3 is 3.00 bits per heavy atom. The second kappa shape index (κ2) is 7.20. The maximum absolute atomic E-state index is 11.7. The molecule has 0 aromatic carbocycles. The number of carbonyl (C=O) groups excluding carboxylic acids is 1. The lowest BCUT2D eigenvalue weighted by molar-refractivity contribution is 0.0951. The fourth-order valence-corrected chi connectivity index (χ4v) is 1.49. The van der Waals surface area contributed by atoms with Crippen LogP contribution in [0.2, 0.25) is 0 Å². The van der Waals surface area contributed by atoms with Gasteiger partial charge in [0.2, 0.25) is 0 Å². The number of hydrogen-bond donors (Lipinski definition) is 3. The van der Waals surface area contributed by atoms with Gasteiger partial charge in [-0.15, -0.1) is 0 Å². The van der Waals surface area contributed by atoms with Crippen LogP contribution >= 0.6 is 0 Å². The number of pyridine rings is 1. The number of amidine groups is 1. The third-order valence-corrected chi connectivity index (χ3v) is 2.59. The summed E-state index contributed by atoms with van der Waals surface area (Å²) < 4.78 is 0. The zero-order chi connectivity index (χ0) is 14.3. The molecule has 0 spiro atoms. The molecule has 4 N–H and O–H groups in total. The first-order valence-corrected chi connectivity index (χ1v) is 6.00. The highest BCUT2D eigenvalue weighted by Gasteiger charge is 2.09. The minimum absolute atomic E-state index is 0.171.